The average molecular weight is 475 g/mol. The Morgan fingerprint density at radius 3 is 2.62 bits per heavy atom. The van der Waals surface area contributed by atoms with Gasteiger partial charge in [0.15, 0.2) is 17.1 Å². The maximum atomic E-state index is 9.43. The van der Waals surface area contributed by atoms with Gasteiger partial charge in [-0.25, -0.2) is 9.97 Å². The van der Waals surface area contributed by atoms with Gasteiger partial charge in [-0.1, -0.05) is 23.2 Å². The summed E-state index contributed by atoms with van der Waals surface area (Å²) in [5.41, 5.74) is 6.18. The van der Waals surface area contributed by atoms with E-state index in [1.165, 1.54) is 13.3 Å². The number of pyridine rings is 1. The van der Waals surface area contributed by atoms with Crippen molar-refractivity contribution in [3.05, 3.63) is 69.5 Å². The predicted octanol–water partition coefficient (Wildman–Crippen LogP) is 4.20. The fourth-order valence-corrected chi connectivity index (χ4v) is 3.84. The lowest BCUT2D eigenvalue weighted by atomic mass is 9.99. The SMILES string of the molecule is COc1cc(Cl)c(/C(=C/NO)c2cn(Cc3nc4nc(Cl)ccc4[nH]3)nc2C)cc1OC. The minimum atomic E-state index is 0.380. The van der Waals surface area contributed by atoms with E-state index in [1.54, 1.807) is 30.0 Å². The number of fused-ring (bicyclic) bond motifs is 1. The Balaban J connectivity index is 1.71. The summed E-state index contributed by atoms with van der Waals surface area (Å²) in [4.78, 5) is 11.9. The van der Waals surface area contributed by atoms with Gasteiger partial charge in [0.1, 0.15) is 11.0 Å². The molecule has 3 aromatic heterocycles. The Hall–Kier alpha value is -3.27. The third kappa shape index (κ3) is 4.22. The number of halogens is 2. The molecule has 0 radical (unpaired) electrons. The van der Waals surface area contributed by atoms with Crippen molar-refractivity contribution in [2.24, 2.45) is 0 Å². The Morgan fingerprint density at radius 2 is 1.91 bits per heavy atom. The molecule has 0 fully saturated rings. The highest BCUT2D eigenvalue weighted by Gasteiger charge is 2.19. The molecule has 0 saturated carbocycles. The van der Waals surface area contributed by atoms with Crippen LogP contribution in [-0.2, 0) is 6.54 Å². The summed E-state index contributed by atoms with van der Waals surface area (Å²) in [6.07, 6.45) is 3.29. The van der Waals surface area contributed by atoms with Gasteiger partial charge in [0.25, 0.3) is 0 Å². The molecule has 3 N–H and O–H groups in total. The minimum Gasteiger partial charge on any atom is -0.493 e. The van der Waals surface area contributed by atoms with E-state index in [9.17, 15) is 5.21 Å². The molecule has 0 bridgehead atoms. The van der Waals surface area contributed by atoms with E-state index >= 15 is 0 Å². The van der Waals surface area contributed by atoms with Crippen LogP contribution in [0.15, 0.2) is 36.7 Å². The van der Waals surface area contributed by atoms with Crippen molar-refractivity contribution in [3.8, 4) is 11.5 Å². The topological polar surface area (TPSA) is 110 Å². The minimum absolute atomic E-state index is 0.380. The third-order valence-electron chi connectivity index (χ3n) is 4.88. The summed E-state index contributed by atoms with van der Waals surface area (Å²) in [6, 6.07) is 6.94. The summed E-state index contributed by atoms with van der Waals surface area (Å²) < 4.78 is 12.5. The molecule has 0 unspecified atom stereocenters. The van der Waals surface area contributed by atoms with E-state index in [0.29, 0.717) is 50.8 Å². The molecular weight excluding hydrogens is 455 g/mol. The molecule has 9 nitrogen and oxygen atoms in total. The first-order valence-electron chi connectivity index (χ1n) is 9.50. The van der Waals surface area contributed by atoms with Crippen LogP contribution < -0.4 is 15.0 Å². The number of hydrogen-bond acceptors (Lipinski definition) is 7. The fourth-order valence-electron chi connectivity index (χ4n) is 3.44. The smallest absolute Gasteiger partial charge is 0.179 e. The normalized spacial score (nSPS) is 11.8. The van der Waals surface area contributed by atoms with Crippen molar-refractivity contribution in [1.29, 1.82) is 0 Å². The van der Waals surface area contributed by atoms with E-state index < -0.39 is 0 Å². The molecule has 0 spiro atoms. The number of hydroxylamine groups is 1. The highest BCUT2D eigenvalue weighted by Crippen LogP contribution is 2.38. The van der Waals surface area contributed by atoms with Crippen LogP contribution in [0, 0.1) is 6.92 Å². The highest BCUT2D eigenvalue weighted by molar-refractivity contribution is 6.32. The van der Waals surface area contributed by atoms with E-state index in [1.807, 2.05) is 19.2 Å². The Morgan fingerprint density at radius 1 is 1.16 bits per heavy atom. The molecule has 0 aliphatic rings. The molecule has 0 atom stereocenters. The van der Waals surface area contributed by atoms with Crippen molar-refractivity contribution < 1.29 is 14.7 Å². The number of imidazole rings is 1. The van der Waals surface area contributed by atoms with Gasteiger partial charge < -0.3 is 14.5 Å². The maximum Gasteiger partial charge on any atom is 0.179 e. The van der Waals surface area contributed by atoms with Crippen LogP contribution in [0.4, 0.5) is 0 Å². The molecule has 0 saturated heterocycles. The molecule has 4 rings (SSSR count). The number of benzene rings is 1. The largest absolute Gasteiger partial charge is 0.493 e. The Labute approximate surface area is 193 Å². The number of methoxy groups -OCH3 is 2. The van der Waals surface area contributed by atoms with Gasteiger partial charge in [0.2, 0.25) is 0 Å². The zero-order valence-electron chi connectivity index (χ0n) is 17.5. The van der Waals surface area contributed by atoms with Crippen LogP contribution in [0.5, 0.6) is 11.5 Å². The van der Waals surface area contributed by atoms with Gasteiger partial charge in [0.05, 0.1) is 37.0 Å². The second-order valence-corrected chi connectivity index (χ2v) is 7.68. The lowest BCUT2D eigenvalue weighted by Crippen LogP contribution is -2.02. The van der Waals surface area contributed by atoms with Crippen LogP contribution >= 0.6 is 23.2 Å². The molecule has 0 amide bonds. The average Bonchev–Trinajstić information content (AvgIpc) is 3.33. The van der Waals surface area contributed by atoms with E-state index in [2.05, 4.69) is 25.5 Å². The quantitative estimate of drug-likeness (QED) is 0.271. The van der Waals surface area contributed by atoms with Gasteiger partial charge in [-0.3, -0.25) is 15.4 Å². The number of nitrogens with zero attached hydrogens (tertiary/aromatic N) is 4. The molecule has 32 heavy (non-hydrogen) atoms. The van der Waals surface area contributed by atoms with Gasteiger partial charge >= 0.3 is 0 Å². The van der Waals surface area contributed by atoms with Crippen molar-refractivity contribution in [1.82, 2.24) is 30.2 Å². The number of aromatic nitrogens is 5. The molecular formula is C21H20Cl2N6O3. The first-order chi connectivity index (χ1) is 15.4. The maximum absolute atomic E-state index is 9.43. The zero-order chi connectivity index (χ0) is 22.8. The molecule has 4 aromatic rings. The number of nitrogens with one attached hydrogen (secondary N) is 2. The van der Waals surface area contributed by atoms with Crippen LogP contribution in [-0.4, -0.2) is 44.2 Å². The van der Waals surface area contributed by atoms with Gasteiger partial charge in [-0.05, 0) is 25.1 Å². The monoisotopic (exact) mass is 474 g/mol. The molecule has 0 aliphatic carbocycles. The number of rotatable bonds is 7. The number of H-pyrrole nitrogens is 1. The number of aryl methyl sites for hydroxylation is 1. The summed E-state index contributed by atoms with van der Waals surface area (Å²) in [5, 5.41) is 14.8. The van der Waals surface area contributed by atoms with Crippen LogP contribution in [0.3, 0.4) is 0 Å². The summed E-state index contributed by atoms with van der Waals surface area (Å²) in [5.74, 6) is 1.69. The second-order valence-electron chi connectivity index (χ2n) is 6.89. The summed E-state index contributed by atoms with van der Waals surface area (Å²) in [6.45, 7) is 2.25. The number of hydrogen-bond donors (Lipinski definition) is 3. The fraction of sp³-hybridized carbons (Fsp3) is 0.190. The van der Waals surface area contributed by atoms with Gasteiger partial charge in [-0.2, -0.15) is 5.10 Å². The van der Waals surface area contributed by atoms with Crippen molar-refractivity contribution in [3.63, 3.8) is 0 Å². The lowest BCUT2D eigenvalue weighted by molar-refractivity contribution is 0.215. The van der Waals surface area contributed by atoms with E-state index in [0.717, 1.165) is 16.8 Å². The number of aromatic amines is 1. The lowest BCUT2D eigenvalue weighted by Gasteiger charge is -2.14. The second kappa shape index (κ2) is 9.07. The van der Waals surface area contributed by atoms with Crippen molar-refractivity contribution >= 4 is 39.9 Å². The Bertz CT molecular complexity index is 1310. The number of ether oxygens (including phenoxy) is 2. The van der Waals surface area contributed by atoms with E-state index in [-0.39, 0.29) is 0 Å². The first-order valence-corrected chi connectivity index (χ1v) is 10.3. The van der Waals surface area contributed by atoms with Gasteiger partial charge in [-0.15, -0.1) is 0 Å². The van der Waals surface area contributed by atoms with Crippen molar-refractivity contribution in [2.45, 2.75) is 13.5 Å². The Kier molecular flexibility index (Phi) is 6.22. The van der Waals surface area contributed by atoms with Gasteiger partial charge in [0, 0.05) is 35.2 Å². The molecule has 3 heterocycles. The summed E-state index contributed by atoms with van der Waals surface area (Å²) >= 11 is 12.5. The highest BCUT2D eigenvalue weighted by atomic mass is 35.5. The van der Waals surface area contributed by atoms with Crippen molar-refractivity contribution in [2.75, 3.05) is 14.2 Å². The molecule has 166 valence electrons. The van der Waals surface area contributed by atoms with Crippen LogP contribution in [0.25, 0.3) is 16.7 Å². The predicted molar refractivity (Wildman–Crippen MR) is 122 cm³/mol. The van der Waals surface area contributed by atoms with E-state index in [4.69, 9.17) is 32.7 Å². The molecule has 11 heteroatoms. The molecule has 0 aliphatic heterocycles. The standard InChI is InChI=1S/C21H20Cl2N6O3/c1-11-14(13(8-24-30)12-6-17(31-2)18(32-3)7-15(12)22)9-29(28-11)10-20-25-16-4-5-19(23)26-21(16)27-20/h4-9,24,30H,10H2,1-3H3,(H,25,26,27)/b13-8-. The third-order valence-corrected chi connectivity index (χ3v) is 5.40. The van der Waals surface area contributed by atoms with Crippen LogP contribution in [0.2, 0.25) is 10.2 Å². The summed E-state index contributed by atoms with van der Waals surface area (Å²) in [7, 11) is 3.08. The first kappa shape index (κ1) is 21.9. The van der Waals surface area contributed by atoms with Crippen LogP contribution in [0.1, 0.15) is 22.6 Å². The zero-order valence-corrected chi connectivity index (χ0v) is 19.0. The molecule has 1 aromatic carbocycles.